The summed E-state index contributed by atoms with van der Waals surface area (Å²) < 4.78 is 14.1. The fourth-order valence-corrected chi connectivity index (χ4v) is 2.57. The highest BCUT2D eigenvalue weighted by Gasteiger charge is 2.14. The first-order valence-electron chi connectivity index (χ1n) is 7.04. The summed E-state index contributed by atoms with van der Waals surface area (Å²) in [6.07, 6.45) is 6.60. The maximum atomic E-state index is 14.1. The Labute approximate surface area is 109 Å². The molecule has 0 saturated carbocycles. The smallest absolute Gasteiger partial charge is 0.146 e. The highest BCUT2D eigenvalue weighted by molar-refractivity contribution is 5.49. The van der Waals surface area contributed by atoms with Gasteiger partial charge < -0.3 is 10.6 Å². The second-order valence-electron chi connectivity index (χ2n) is 5.08. The van der Waals surface area contributed by atoms with Crippen LogP contribution in [0.15, 0.2) is 18.2 Å². The van der Waals surface area contributed by atoms with Crippen LogP contribution in [-0.2, 0) is 6.42 Å². The molecule has 1 aromatic rings. The Morgan fingerprint density at radius 1 is 1.11 bits per heavy atom. The third-order valence-electron chi connectivity index (χ3n) is 3.63. The van der Waals surface area contributed by atoms with Crippen molar-refractivity contribution in [1.82, 2.24) is 0 Å². The predicted octanol–water partition coefficient (Wildman–Crippen LogP) is 3.10. The summed E-state index contributed by atoms with van der Waals surface area (Å²) in [7, 11) is 0. The van der Waals surface area contributed by atoms with Crippen molar-refractivity contribution in [2.75, 3.05) is 24.5 Å². The fraction of sp³-hybridized carbons (Fsp3) is 0.600. The average molecular weight is 250 g/mol. The zero-order valence-electron chi connectivity index (χ0n) is 11.0. The summed E-state index contributed by atoms with van der Waals surface area (Å²) in [5.41, 5.74) is 7.32. The maximum Gasteiger partial charge on any atom is 0.146 e. The monoisotopic (exact) mass is 250 g/mol. The van der Waals surface area contributed by atoms with Crippen molar-refractivity contribution in [1.29, 1.82) is 0 Å². The SMILES string of the molecule is NCCCCc1ccc(N2CCCCC2)c(F)c1. The van der Waals surface area contributed by atoms with Crippen LogP contribution in [0.3, 0.4) is 0 Å². The van der Waals surface area contributed by atoms with Crippen LogP contribution in [0, 0.1) is 5.82 Å². The number of hydrogen-bond donors (Lipinski definition) is 1. The summed E-state index contributed by atoms with van der Waals surface area (Å²) in [5.74, 6) is -0.0675. The lowest BCUT2D eigenvalue weighted by Crippen LogP contribution is -2.30. The Kier molecular flexibility index (Phi) is 5.00. The van der Waals surface area contributed by atoms with E-state index in [0.717, 1.165) is 43.6 Å². The molecule has 0 aliphatic carbocycles. The molecule has 0 atom stereocenters. The van der Waals surface area contributed by atoms with Crippen LogP contribution < -0.4 is 10.6 Å². The van der Waals surface area contributed by atoms with Crippen molar-refractivity contribution in [2.24, 2.45) is 5.73 Å². The number of piperidine rings is 1. The van der Waals surface area contributed by atoms with Gasteiger partial charge in [0, 0.05) is 13.1 Å². The van der Waals surface area contributed by atoms with Gasteiger partial charge >= 0.3 is 0 Å². The number of halogens is 1. The number of unbranched alkanes of at least 4 members (excludes halogenated alkanes) is 1. The van der Waals surface area contributed by atoms with E-state index in [9.17, 15) is 4.39 Å². The van der Waals surface area contributed by atoms with Gasteiger partial charge in [0.25, 0.3) is 0 Å². The summed E-state index contributed by atoms with van der Waals surface area (Å²) >= 11 is 0. The minimum Gasteiger partial charge on any atom is -0.369 e. The van der Waals surface area contributed by atoms with E-state index in [0.29, 0.717) is 6.54 Å². The Bertz CT molecular complexity index is 373. The Hall–Kier alpha value is -1.09. The number of nitrogens with zero attached hydrogens (tertiary/aromatic N) is 1. The standard InChI is InChI=1S/C15H23FN2/c16-14-12-13(6-2-3-9-17)7-8-15(14)18-10-4-1-5-11-18/h7-8,12H,1-6,9-11,17H2. The Morgan fingerprint density at radius 2 is 1.89 bits per heavy atom. The molecule has 100 valence electrons. The summed E-state index contributed by atoms with van der Waals surface area (Å²) in [6.45, 7) is 2.70. The highest BCUT2D eigenvalue weighted by Crippen LogP contribution is 2.24. The van der Waals surface area contributed by atoms with Crippen LogP contribution in [0.2, 0.25) is 0 Å². The molecule has 0 bridgehead atoms. The lowest BCUT2D eigenvalue weighted by Gasteiger charge is -2.29. The van der Waals surface area contributed by atoms with Crippen LogP contribution in [0.4, 0.5) is 10.1 Å². The maximum absolute atomic E-state index is 14.1. The topological polar surface area (TPSA) is 29.3 Å². The lowest BCUT2D eigenvalue weighted by molar-refractivity contribution is 0.556. The molecule has 2 N–H and O–H groups in total. The van der Waals surface area contributed by atoms with E-state index in [1.54, 1.807) is 6.07 Å². The number of hydrogen-bond acceptors (Lipinski definition) is 2. The number of rotatable bonds is 5. The fourth-order valence-electron chi connectivity index (χ4n) is 2.57. The van der Waals surface area contributed by atoms with Gasteiger partial charge in [-0.15, -0.1) is 0 Å². The zero-order valence-corrected chi connectivity index (χ0v) is 11.0. The highest BCUT2D eigenvalue weighted by atomic mass is 19.1. The molecule has 0 aromatic heterocycles. The van der Waals surface area contributed by atoms with Gasteiger partial charge in [0.2, 0.25) is 0 Å². The molecule has 0 radical (unpaired) electrons. The molecule has 1 saturated heterocycles. The van der Waals surface area contributed by atoms with E-state index in [2.05, 4.69) is 11.0 Å². The molecular weight excluding hydrogens is 227 g/mol. The summed E-state index contributed by atoms with van der Waals surface area (Å²) in [5, 5.41) is 0. The van der Waals surface area contributed by atoms with E-state index >= 15 is 0 Å². The van der Waals surface area contributed by atoms with E-state index in [4.69, 9.17) is 5.73 Å². The molecule has 1 aromatic carbocycles. The minimum absolute atomic E-state index is 0.0675. The van der Waals surface area contributed by atoms with E-state index in [1.807, 2.05) is 6.07 Å². The number of nitrogens with two attached hydrogens (primary N) is 1. The average Bonchev–Trinajstić information content (AvgIpc) is 2.40. The van der Waals surface area contributed by atoms with Gasteiger partial charge in [0.1, 0.15) is 5.82 Å². The lowest BCUT2D eigenvalue weighted by atomic mass is 10.1. The molecule has 2 rings (SSSR count). The van der Waals surface area contributed by atoms with Crippen molar-refractivity contribution < 1.29 is 4.39 Å². The molecule has 2 nitrogen and oxygen atoms in total. The van der Waals surface area contributed by atoms with Gasteiger partial charge in [0.15, 0.2) is 0 Å². The molecule has 0 unspecified atom stereocenters. The molecule has 1 fully saturated rings. The molecule has 0 amide bonds. The molecule has 18 heavy (non-hydrogen) atoms. The second-order valence-corrected chi connectivity index (χ2v) is 5.08. The molecule has 3 heteroatoms. The van der Waals surface area contributed by atoms with Gasteiger partial charge in [-0.05, 0) is 62.8 Å². The molecule has 1 heterocycles. The van der Waals surface area contributed by atoms with Gasteiger partial charge in [-0.25, -0.2) is 4.39 Å². The van der Waals surface area contributed by atoms with E-state index < -0.39 is 0 Å². The largest absolute Gasteiger partial charge is 0.369 e. The Morgan fingerprint density at radius 3 is 2.56 bits per heavy atom. The Balaban J connectivity index is 2.00. The van der Waals surface area contributed by atoms with Crippen LogP contribution in [0.25, 0.3) is 0 Å². The van der Waals surface area contributed by atoms with Gasteiger partial charge in [-0.2, -0.15) is 0 Å². The zero-order chi connectivity index (χ0) is 12.8. The third-order valence-corrected chi connectivity index (χ3v) is 3.63. The normalized spacial score (nSPS) is 16.0. The first kappa shape index (κ1) is 13.3. The first-order valence-corrected chi connectivity index (χ1v) is 7.04. The molecule has 0 spiro atoms. The quantitative estimate of drug-likeness (QED) is 0.814. The summed E-state index contributed by atoms with van der Waals surface area (Å²) in [6, 6.07) is 5.70. The van der Waals surface area contributed by atoms with E-state index in [-0.39, 0.29) is 5.82 Å². The first-order chi connectivity index (χ1) is 8.81. The van der Waals surface area contributed by atoms with Gasteiger partial charge in [-0.3, -0.25) is 0 Å². The van der Waals surface area contributed by atoms with Crippen molar-refractivity contribution in [3.05, 3.63) is 29.6 Å². The van der Waals surface area contributed by atoms with Crippen molar-refractivity contribution in [3.8, 4) is 0 Å². The van der Waals surface area contributed by atoms with Gasteiger partial charge in [-0.1, -0.05) is 6.07 Å². The van der Waals surface area contributed by atoms with Crippen LogP contribution >= 0.6 is 0 Å². The second kappa shape index (κ2) is 6.74. The third kappa shape index (κ3) is 3.45. The molecule has 1 aliphatic heterocycles. The van der Waals surface area contributed by atoms with Crippen molar-refractivity contribution >= 4 is 5.69 Å². The number of anilines is 1. The van der Waals surface area contributed by atoms with Crippen molar-refractivity contribution in [3.63, 3.8) is 0 Å². The predicted molar refractivity (Wildman–Crippen MR) is 74.5 cm³/mol. The summed E-state index contributed by atoms with van der Waals surface area (Å²) in [4.78, 5) is 2.17. The van der Waals surface area contributed by atoms with E-state index in [1.165, 1.54) is 19.3 Å². The molecule has 1 aliphatic rings. The number of aryl methyl sites for hydroxylation is 1. The number of benzene rings is 1. The van der Waals surface area contributed by atoms with Crippen LogP contribution in [0.1, 0.15) is 37.7 Å². The van der Waals surface area contributed by atoms with Crippen LogP contribution in [-0.4, -0.2) is 19.6 Å². The minimum atomic E-state index is -0.0675. The van der Waals surface area contributed by atoms with Gasteiger partial charge in [0.05, 0.1) is 5.69 Å². The molecular formula is C15H23FN2. The van der Waals surface area contributed by atoms with Crippen molar-refractivity contribution in [2.45, 2.75) is 38.5 Å². The van der Waals surface area contributed by atoms with Crippen LogP contribution in [0.5, 0.6) is 0 Å².